The SMILES string of the molecule is O=C(NC[C@](O)(c1ccoc1)c1cccs1)c1nc2ccccc2s1. The summed E-state index contributed by atoms with van der Waals surface area (Å²) in [6.45, 7) is 0.0296. The molecule has 126 valence electrons. The molecule has 2 N–H and O–H groups in total. The quantitative estimate of drug-likeness (QED) is 0.563. The number of aliphatic hydroxyl groups is 1. The second kappa shape index (κ2) is 6.44. The molecule has 0 fully saturated rings. The Kier molecular flexibility index (Phi) is 4.12. The smallest absolute Gasteiger partial charge is 0.280 e. The standard InChI is InChI=1S/C18H14N2O3S2/c21-16(17-20-13-4-1-2-5-14(13)25-17)19-11-18(22,12-7-8-23-10-12)15-6-3-9-24-15/h1-10,22H,11H2,(H,19,21)/t18-/m0/s1. The first-order valence-corrected chi connectivity index (χ1v) is 9.29. The van der Waals surface area contributed by atoms with Gasteiger partial charge in [0.15, 0.2) is 5.01 Å². The number of fused-ring (bicyclic) bond motifs is 1. The van der Waals surface area contributed by atoms with E-state index in [2.05, 4.69) is 10.3 Å². The number of nitrogens with zero attached hydrogens (tertiary/aromatic N) is 1. The van der Waals surface area contributed by atoms with Crippen LogP contribution in [0, 0.1) is 0 Å². The first-order chi connectivity index (χ1) is 12.2. The van der Waals surface area contributed by atoms with E-state index in [4.69, 9.17) is 4.42 Å². The lowest BCUT2D eigenvalue weighted by molar-refractivity contribution is 0.0714. The van der Waals surface area contributed by atoms with Crippen LogP contribution >= 0.6 is 22.7 Å². The highest BCUT2D eigenvalue weighted by atomic mass is 32.1. The molecule has 0 radical (unpaired) electrons. The van der Waals surface area contributed by atoms with Crippen molar-refractivity contribution in [2.75, 3.05) is 6.54 Å². The van der Waals surface area contributed by atoms with Crippen LogP contribution in [-0.2, 0) is 5.60 Å². The molecule has 25 heavy (non-hydrogen) atoms. The van der Waals surface area contributed by atoms with E-state index in [-0.39, 0.29) is 12.5 Å². The van der Waals surface area contributed by atoms with Crippen molar-refractivity contribution in [3.8, 4) is 0 Å². The Balaban J connectivity index is 1.58. The summed E-state index contributed by atoms with van der Waals surface area (Å²) in [5, 5.41) is 16.2. The lowest BCUT2D eigenvalue weighted by atomic mass is 9.94. The van der Waals surface area contributed by atoms with Crippen LogP contribution < -0.4 is 5.32 Å². The summed E-state index contributed by atoms with van der Waals surface area (Å²) in [7, 11) is 0. The largest absolute Gasteiger partial charge is 0.472 e. The number of thiophene rings is 1. The number of aromatic nitrogens is 1. The van der Waals surface area contributed by atoms with Gasteiger partial charge in [-0.05, 0) is 29.6 Å². The molecule has 0 aliphatic heterocycles. The third-order valence-corrected chi connectivity index (χ3v) is 5.98. The molecule has 0 aliphatic rings. The van der Waals surface area contributed by atoms with Gasteiger partial charge in [0.2, 0.25) is 0 Å². The first kappa shape index (κ1) is 16.0. The van der Waals surface area contributed by atoms with Gasteiger partial charge in [0.05, 0.1) is 29.3 Å². The fraction of sp³-hybridized carbons (Fsp3) is 0.111. The predicted molar refractivity (Wildman–Crippen MR) is 98.0 cm³/mol. The van der Waals surface area contributed by atoms with E-state index in [0.29, 0.717) is 10.6 Å². The minimum absolute atomic E-state index is 0.0296. The van der Waals surface area contributed by atoms with Crippen molar-refractivity contribution in [2.45, 2.75) is 5.60 Å². The van der Waals surface area contributed by atoms with Crippen LogP contribution in [0.1, 0.15) is 20.2 Å². The van der Waals surface area contributed by atoms with E-state index >= 15 is 0 Å². The number of hydrogen-bond donors (Lipinski definition) is 2. The van der Waals surface area contributed by atoms with Gasteiger partial charge in [-0.3, -0.25) is 4.79 Å². The highest BCUT2D eigenvalue weighted by molar-refractivity contribution is 7.20. The molecule has 7 heteroatoms. The Hall–Kier alpha value is -2.48. The van der Waals surface area contributed by atoms with Gasteiger partial charge < -0.3 is 14.8 Å². The minimum atomic E-state index is -1.34. The molecular formula is C18H14N2O3S2. The molecule has 5 nitrogen and oxygen atoms in total. The van der Waals surface area contributed by atoms with Gasteiger partial charge >= 0.3 is 0 Å². The maximum absolute atomic E-state index is 12.5. The van der Waals surface area contributed by atoms with Gasteiger partial charge in [0, 0.05) is 10.4 Å². The number of benzene rings is 1. The average Bonchev–Trinajstić information content (AvgIpc) is 3.40. The van der Waals surface area contributed by atoms with E-state index in [9.17, 15) is 9.90 Å². The van der Waals surface area contributed by atoms with Crippen LogP contribution in [0.2, 0.25) is 0 Å². The summed E-state index contributed by atoms with van der Waals surface area (Å²) < 4.78 is 6.07. The molecule has 0 saturated carbocycles. The summed E-state index contributed by atoms with van der Waals surface area (Å²) >= 11 is 2.75. The third kappa shape index (κ3) is 2.97. The normalized spacial score (nSPS) is 13.6. The third-order valence-electron chi connectivity index (χ3n) is 3.92. The molecule has 0 unspecified atom stereocenters. The van der Waals surface area contributed by atoms with E-state index in [1.165, 1.54) is 35.2 Å². The second-order valence-corrected chi connectivity index (χ2v) is 7.50. The number of para-hydroxylation sites is 1. The van der Waals surface area contributed by atoms with Gasteiger partial charge in [-0.25, -0.2) is 4.98 Å². The van der Waals surface area contributed by atoms with Crippen molar-refractivity contribution in [1.82, 2.24) is 10.3 Å². The van der Waals surface area contributed by atoms with Gasteiger partial charge in [0.1, 0.15) is 5.60 Å². The number of amides is 1. The molecule has 0 aliphatic carbocycles. The monoisotopic (exact) mass is 370 g/mol. The summed E-state index contributed by atoms with van der Waals surface area (Å²) in [4.78, 5) is 17.6. The number of furan rings is 1. The van der Waals surface area contributed by atoms with Crippen molar-refractivity contribution in [3.63, 3.8) is 0 Å². The van der Waals surface area contributed by atoms with Crippen LogP contribution in [-0.4, -0.2) is 22.5 Å². The van der Waals surface area contributed by atoms with E-state index in [1.54, 1.807) is 6.07 Å². The van der Waals surface area contributed by atoms with Crippen molar-refractivity contribution in [2.24, 2.45) is 0 Å². The zero-order valence-electron chi connectivity index (χ0n) is 13.0. The van der Waals surface area contributed by atoms with Crippen molar-refractivity contribution in [3.05, 3.63) is 75.8 Å². The van der Waals surface area contributed by atoms with Crippen molar-refractivity contribution >= 4 is 38.8 Å². The maximum Gasteiger partial charge on any atom is 0.280 e. The Bertz CT molecular complexity index is 923. The molecule has 4 rings (SSSR count). The van der Waals surface area contributed by atoms with Crippen molar-refractivity contribution in [1.29, 1.82) is 0 Å². The first-order valence-electron chi connectivity index (χ1n) is 7.59. The van der Waals surface area contributed by atoms with Gasteiger partial charge in [0.25, 0.3) is 5.91 Å². The topological polar surface area (TPSA) is 75.4 Å². The number of rotatable bonds is 5. The van der Waals surface area contributed by atoms with Gasteiger partial charge in [-0.15, -0.1) is 22.7 Å². The van der Waals surface area contributed by atoms with E-state index in [1.807, 2.05) is 41.8 Å². The number of hydrogen-bond acceptors (Lipinski definition) is 6. The Morgan fingerprint density at radius 2 is 2.12 bits per heavy atom. The summed E-state index contributed by atoms with van der Waals surface area (Å²) in [6, 6.07) is 13.0. The molecule has 1 atom stereocenters. The summed E-state index contributed by atoms with van der Waals surface area (Å²) in [5.41, 5.74) is 0.0496. The van der Waals surface area contributed by atoms with Crippen LogP contribution in [0.4, 0.5) is 0 Å². The number of carbonyl (C=O) groups excluding carboxylic acids is 1. The van der Waals surface area contributed by atoms with Crippen LogP contribution in [0.15, 0.2) is 64.8 Å². The van der Waals surface area contributed by atoms with Crippen LogP contribution in [0.25, 0.3) is 10.2 Å². The van der Waals surface area contributed by atoms with Crippen LogP contribution in [0.3, 0.4) is 0 Å². The molecule has 1 amide bonds. The molecule has 3 aromatic heterocycles. The second-order valence-electron chi connectivity index (χ2n) is 5.52. The number of carbonyl (C=O) groups is 1. The highest BCUT2D eigenvalue weighted by Gasteiger charge is 2.34. The summed E-state index contributed by atoms with van der Waals surface area (Å²) in [6.07, 6.45) is 2.99. The highest BCUT2D eigenvalue weighted by Crippen LogP contribution is 2.32. The lowest BCUT2D eigenvalue weighted by Gasteiger charge is -2.26. The van der Waals surface area contributed by atoms with E-state index < -0.39 is 5.60 Å². The number of nitrogens with one attached hydrogen (secondary N) is 1. The maximum atomic E-state index is 12.5. The zero-order chi connectivity index (χ0) is 17.3. The fourth-order valence-corrected chi connectivity index (χ4v) is 4.33. The van der Waals surface area contributed by atoms with Gasteiger partial charge in [-0.1, -0.05) is 18.2 Å². The minimum Gasteiger partial charge on any atom is -0.472 e. The van der Waals surface area contributed by atoms with Gasteiger partial charge in [-0.2, -0.15) is 0 Å². The van der Waals surface area contributed by atoms with Crippen LogP contribution in [0.5, 0.6) is 0 Å². The molecule has 0 spiro atoms. The van der Waals surface area contributed by atoms with Crippen molar-refractivity contribution < 1.29 is 14.3 Å². The number of thiazole rings is 1. The Labute approximate surface area is 151 Å². The van der Waals surface area contributed by atoms with E-state index in [0.717, 1.165) is 15.1 Å². The lowest BCUT2D eigenvalue weighted by Crippen LogP contribution is -2.40. The molecule has 4 aromatic rings. The fourth-order valence-electron chi connectivity index (χ4n) is 2.60. The zero-order valence-corrected chi connectivity index (χ0v) is 14.6. The molecular weight excluding hydrogens is 356 g/mol. The summed E-state index contributed by atoms with van der Waals surface area (Å²) in [5.74, 6) is -0.306. The Morgan fingerprint density at radius 1 is 1.24 bits per heavy atom. The average molecular weight is 370 g/mol. The molecule has 0 bridgehead atoms. The molecule has 3 heterocycles. The molecule has 0 saturated heterocycles. The molecule has 1 aromatic carbocycles. The Morgan fingerprint density at radius 3 is 2.84 bits per heavy atom. The predicted octanol–water partition coefficient (Wildman–Crippen LogP) is 3.62.